The van der Waals surface area contributed by atoms with E-state index in [1.54, 1.807) is 13.8 Å². The fraction of sp³-hybridized carbons (Fsp3) is 0.588. The van der Waals surface area contributed by atoms with Crippen LogP contribution in [-0.4, -0.2) is 38.4 Å². The third-order valence-electron chi connectivity index (χ3n) is 7.60. The summed E-state index contributed by atoms with van der Waals surface area (Å²) in [6.45, 7) is 21.2. The van der Waals surface area contributed by atoms with Gasteiger partial charge in [0.15, 0.2) is 5.57 Å². The lowest BCUT2D eigenvalue weighted by atomic mass is 10.0. The number of carbonyl (C=O) groups excluding carboxylic acids is 2. The number of esters is 2. The van der Waals surface area contributed by atoms with Gasteiger partial charge >= 0.3 is 11.9 Å². The SMILES string of the molecule is [C-]#[N+]C(C(=O)OCC)=C1Sc2c(OCC(CC)CCCC)c3c(c(OCC(CC)CCCC)c2S1)SC(=C(C#N)C(=O)OCC)S3. The number of carbonyl (C=O) groups is 2. The first-order valence-corrected chi connectivity index (χ1v) is 19.4. The Kier molecular flexibility index (Phi) is 16.1. The summed E-state index contributed by atoms with van der Waals surface area (Å²) in [6.07, 6.45) is 8.43. The maximum atomic E-state index is 12.8. The van der Waals surface area contributed by atoms with E-state index in [1.807, 2.05) is 0 Å². The van der Waals surface area contributed by atoms with Crippen molar-refractivity contribution in [1.29, 1.82) is 5.26 Å². The Morgan fingerprint density at radius 3 is 1.54 bits per heavy atom. The standard InChI is InChI=1S/C34H44N2O6S4/c1-8-14-16-21(10-3)19-41-25-27-28(44-33(43-27)23(18-35)31(37)39-12-5)26(42-20-22(11-4)17-15-9-2)30-29(25)45-34(46-30)24(36-7)32(38)40-13-6/h21-22H,8-17,19-20H2,1-6H3. The van der Waals surface area contributed by atoms with Gasteiger partial charge in [0.2, 0.25) is 0 Å². The van der Waals surface area contributed by atoms with Gasteiger partial charge in [-0.05, 0) is 38.5 Å². The highest BCUT2D eigenvalue weighted by Gasteiger charge is 2.40. The summed E-state index contributed by atoms with van der Waals surface area (Å²) in [4.78, 5) is 32.2. The molecule has 2 atom stereocenters. The van der Waals surface area contributed by atoms with Gasteiger partial charge in [0.1, 0.15) is 17.6 Å². The van der Waals surface area contributed by atoms with Gasteiger partial charge in [-0.25, -0.2) is 9.64 Å². The normalized spacial score (nSPS) is 14.4. The van der Waals surface area contributed by atoms with Crippen molar-refractivity contribution in [2.45, 2.75) is 112 Å². The predicted octanol–water partition coefficient (Wildman–Crippen LogP) is 10.2. The highest BCUT2D eigenvalue weighted by atomic mass is 32.2. The van der Waals surface area contributed by atoms with Crippen LogP contribution >= 0.6 is 47.0 Å². The number of hydrogen-bond donors (Lipinski definition) is 0. The molecule has 0 saturated heterocycles. The van der Waals surface area contributed by atoms with E-state index in [0.29, 0.717) is 45.0 Å². The number of ether oxygens (including phenoxy) is 4. The number of hydrogen-bond acceptors (Lipinski definition) is 11. The predicted molar refractivity (Wildman–Crippen MR) is 187 cm³/mol. The van der Waals surface area contributed by atoms with Gasteiger partial charge in [-0.3, -0.25) is 4.79 Å². The third kappa shape index (κ3) is 9.37. The highest BCUT2D eigenvalue weighted by Crippen LogP contribution is 2.68. The van der Waals surface area contributed by atoms with Crippen molar-refractivity contribution in [3.8, 4) is 17.6 Å². The van der Waals surface area contributed by atoms with Crippen LogP contribution in [0.2, 0.25) is 0 Å². The van der Waals surface area contributed by atoms with E-state index in [0.717, 1.165) is 70.9 Å². The molecule has 0 spiro atoms. The van der Waals surface area contributed by atoms with E-state index in [4.69, 9.17) is 25.5 Å². The molecule has 1 aromatic rings. The lowest BCUT2D eigenvalue weighted by Gasteiger charge is -2.22. The Morgan fingerprint density at radius 2 is 1.17 bits per heavy atom. The number of nitrogens with zero attached hydrogens (tertiary/aromatic N) is 2. The lowest BCUT2D eigenvalue weighted by Crippen LogP contribution is -2.14. The zero-order chi connectivity index (χ0) is 33.6. The van der Waals surface area contributed by atoms with Crippen LogP contribution in [0.15, 0.2) is 39.3 Å². The Bertz CT molecular complexity index is 1270. The topological polar surface area (TPSA) is 99.2 Å². The first-order chi connectivity index (χ1) is 22.3. The summed E-state index contributed by atoms with van der Waals surface area (Å²) in [7, 11) is 0. The fourth-order valence-electron chi connectivity index (χ4n) is 4.81. The van der Waals surface area contributed by atoms with E-state index in [1.165, 1.54) is 47.0 Å². The van der Waals surface area contributed by atoms with E-state index < -0.39 is 11.9 Å². The van der Waals surface area contributed by atoms with E-state index in [-0.39, 0.29) is 24.5 Å². The Hall–Kier alpha value is -2.38. The molecule has 2 aliphatic rings. The van der Waals surface area contributed by atoms with Gasteiger partial charge in [0.25, 0.3) is 5.70 Å². The molecule has 2 heterocycles. The van der Waals surface area contributed by atoms with Gasteiger partial charge in [-0.1, -0.05) is 113 Å². The van der Waals surface area contributed by atoms with Gasteiger partial charge < -0.3 is 18.9 Å². The molecule has 1 aromatic carbocycles. The van der Waals surface area contributed by atoms with Crippen LogP contribution in [0.25, 0.3) is 4.85 Å². The number of rotatable bonds is 18. The maximum absolute atomic E-state index is 12.8. The molecule has 0 saturated carbocycles. The van der Waals surface area contributed by atoms with Crippen molar-refractivity contribution in [3.63, 3.8) is 0 Å². The molecule has 2 aliphatic heterocycles. The average molecular weight is 705 g/mol. The monoisotopic (exact) mass is 704 g/mol. The van der Waals surface area contributed by atoms with Crippen LogP contribution in [0.3, 0.4) is 0 Å². The van der Waals surface area contributed by atoms with Crippen molar-refractivity contribution in [2.75, 3.05) is 26.4 Å². The van der Waals surface area contributed by atoms with Crippen molar-refractivity contribution in [2.24, 2.45) is 11.8 Å². The minimum Gasteiger partial charge on any atom is -0.491 e. The number of fused-ring (bicyclic) bond motifs is 2. The second kappa shape index (κ2) is 19.4. The summed E-state index contributed by atoms with van der Waals surface area (Å²) < 4.78 is 24.8. The van der Waals surface area contributed by atoms with Crippen LogP contribution < -0.4 is 9.47 Å². The van der Waals surface area contributed by atoms with Crippen molar-refractivity contribution in [3.05, 3.63) is 31.2 Å². The first-order valence-electron chi connectivity index (χ1n) is 16.1. The smallest absolute Gasteiger partial charge is 0.350 e. The molecule has 2 unspecified atom stereocenters. The van der Waals surface area contributed by atoms with Crippen LogP contribution in [-0.2, 0) is 19.1 Å². The molecular weight excluding hydrogens is 661 g/mol. The van der Waals surface area contributed by atoms with Gasteiger partial charge in [-0.15, -0.1) is 0 Å². The van der Waals surface area contributed by atoms with E-state index >= 15 is 0 Å². The van der Waals surface area contributed by atoms with Gasteiger partial charge in [0, 0.05) is 0 Å². The zero-order valence-electron chi connectivity index (χ0n) is 27.6. The fourth-order valence-corrected chi connectivity index (χ4v) is 10.2. The van der Waals surface area contributed by atoms with E-state index in [9.17, 15) is 14.9 Å². The number of unbranched alkanes of at least 4 members (excludes halogenated alkanes) is 2. The Morgan fingerprint density at radius 1 is 0.739 bits per heavy atom. The van der Waals surface area contributed by atoms with Gasteiger partial charge in [0.05, 0.1) is 61.1 Å². The molecular formula is C34H44N2O6S4. The average Bonchev–Trinajstić information content (AvgIpc) is 3.68. The molecule has 8 nitrogen and oxygen atoms in total. The molecule has 0 amide bonds. The van der Waals surface area contributed by atoms with Crippen molar-refractivity contribution < 1.29 is 28.5 Å². The summed E-state index contributed by atoms with van der Waals surface area (Å²) >= 11 is 5.27. The Labute approximate surface area is 291 Å². The first kappa shape index (κ1) is 38.1. The molecule has 3 rings (SSSR count). The molecule has 0 aromatic heterocycles. The zero-order valence-corrected chi connectivity index (χ0v) is 30.9. The van der Waals surface area contributed by atoms with Crippen LogP contribution in [0.4, 0.5) is 0 Å². The third-order valence-corrected chi connectivity index (χ3v) is 12.8. The minimum atomic E-state index is -0.661. The van der Waals surface area contributed by atoms with Crippen LogP contribution in [0.5, 0.6) is 11.5 Å². The van der Waals surface area contributed by atoms with Crippen molar-refractivity contribution >= 4 is 59.0 Å². The van der Waals surface area contributed by atoms with Crippen LogP contribution in [0, 0.1) is 29.7 Å². The highest BCUT2D eigenvalue weighted by molar-refractivity contribution is 8.26. The number of nitriles is 1. The quantitative estimate of drug-likeness (QED) is 0.0632. The molecule has 250 valence electrons. The molecule has 46 heavy (non-hydrogen) atoms. The number of thioether (sulfide) groups is 4. The van der Waals surface area contributed by atoms with E-state index in [2.05, 4.69) is 38.6 Å². The molecule has 0 radical (unpaired) electrons. The molecule has 0 aliphatic carbocycles. The van der Waals surface area contributed by atoms with Crippen molar-refractivity contribution in [1.82, 2.24) is 0 Å². The summed E-state index contributed by atoms with van der Waals surface area (Å²) in [5.41, 5.74) is -0.115. The van der Waals surface area contributed by atoms with Gasteiger partial charge in [-0.2, -0.15) is 5.26 Å². The number of benzene rings is 1. The summed E-state index contributed by atoms with van der Waals surface area (Å²) in [5, 5.41) is 9.98. The Balaban J connectivity index is 2.22. The largest absolute Gasteiger partial charge is 0.491 e. The molecule has 0 N–H and O–H groups in total. The van der Waals surface area contributed by atoms with Crippen LogP contribution in [0.1, 0.15) is 92.9 Å². The minimum absolute atomic E-state index is 0.0487. The molecule has 0 bridgehead atoms. The summed E-state index contributed by atoms with van der Waals surface area (Å²) in [6, 6.07) is 2.06. The summed E-state index contributed by atoms with van der Waals surface area (Å²) in [5.74, 6) is 0.630. The molecule has 12 heteroatoms. The second-order valence-electron chi connectivity index (χ2n) is 10.8. The maximum Gasteiger partial charge on any atom is 0.350 e. The second-order valence-corrected chi connectivity index (χ2v) is 15.4. The lowest BCUT2D eigenvalue weighted by molar-refractivity contribution is -0.139. The molecule has 0 fully saturated rings.